The Bertz CT molecular complexity index is 1180. The average molecular weight is 466 g/mol. The molecule has 5 rings (SSSR count). The lowest BCUT2D eigenvalue weighted by molar-refractivity contribution is 0.0925. The van der Waals surface area contributed by atoms with E-state index in [1.165, 1.54) is 12.1 Å². The number of nitrogens with zero attached hydrogens (tertiary/aromatic N) is 3. The third kappa shape index (κ3) is 4.73. The van der Waals surface area contributed by atoms with Crippen LogP contribution < -0.4 is 26.0 Å². The van der Waals surface area contributed by atoms with Crippen molar-refractivity contribution in [1.82, 2.24) is 30.7 Å². The maximum absolute atomic E-state index is 13.5. The van der Waals surface area contributed by atoms with E-state index in [1.54, 1.807) is 12.1 Å². The zero-order valence-electron chi connectivity index (χ0n) is 19.0. The normalized spacial score (nSPS) is 19.7. The van der Waals surface area contributed by atoms with Crippen LogP contribution in [-0.2, 0) is 13.6 Å². The fourth-order valence-corrected chi connectivity index (χ4v) is 4.39. The molecule has 2 aliphatic rings. The third-order valence-corrected chi connectivity index (χ3v) is 6.29. The summed E-state index contributed by atoms with van der Waals surface area (Å²) in [6.45, 7) is 2.62. The monoisotopic (exact) mass is 465 g/mol. The molecule has 0 saturated carbocycles. The van der Waals surface area contributed by atoms with Crippen LogP contribution in [0, 0.1) is 5.82 Å². The molecule has 3 heterocycles. The van der Waals surface area contributed by atoms with E-state index >= 15 is 0 Å². The Hall–Kier alpha value is -3.50. The van der Waals surface area contributed by atoms with Gasteiger partial charge in [-0.1, -0.05) is 12.1 Å². The Morgan fingerprint density at radius 2 is 2.15 bits per heavy atom. The smallest absolute Gasteiger partial charge is 0.251 e. The number of carbonyl (C=O) groups is 1. The molecule has 3 aromatic rings. The summed E-state index contributed by atoms with van der Waals surface area (Å²) in [5, 5.41) is 21.8. The second-order valence-electron chi connectivity index (χ2n) is 8.54. The van der Waals surface area contributed by atoms with Crippen molar-refractivity contribution in [3.8, 4) is 5.75 Å². The number of ether oxygens (including phenoxy) is 1. The number of aromatic nitrogens is 3. The van der Waals surface area contributed by atoms with Crippen molar-refractivity contribution >= 4 is 11.6 Å². The number of halogens is 1. The van der Waals surface area contributed by atoms with E-state index in [2.05, 4.69) is 31.5 Å². The fraction of sp³-hybridized carbons (Fsp3) is 0.375. The molecule has 2 atom stereocenters. The fourth-order valence-electron chi connectivity index (χ4n) is 4.39. The Labute approximate surface area is 197 Å². The highest BCUT2D eigenvalue weighted by molar-refractivity contribution is 5.95. The van der Waals surface area contributed by atoms with Crippen LogP contribution in [-0.4, -0.2) is 40.5 Å². The van der Waals surface area contributed by atoms with Gasteiger partial charge in [0.15, 0.2) is 5.82 Å². The van der Waals surface area contributed by atoms with Crippen molar-refractivity contribution in [2.24, 2.45) is 7.05 Å². The number of anilines is 1. The largest absolute Gasteiger partial charge is 0.493 e. The Morgan fingerprint density at radius 3 is 3.00 bits per heavy atom. The molecule has 1 fully saturated rings. The van der Waals surface area contributed by atoms with Crippen LogP contribution in [0.25, 0.3) is 0 Å². The molecule has 178 valence electrons. The minimum Gasteiger partial charge on any atom is -0.493 e. The number of rotatable bonds is 6. The van der Waals surface area contributed by atoms with Gasteiger partial charge in [-0.2, -0.15) is 0 Å². The number of hydrogen-bond acceptors (Lipinski definition) is 7. The minimum absolute atomic E-state index is 0.186. The van der Waals surface area contributed by atoms with Crippen LogP contribution in [0.15, 0.2) is 42.5 Å². The minimum atomic E-state index is -0.355. The number of carbonyl (C=O) groups excluding carboxylic acids is 1. The molecule has 2 aliphatic heterocycles. The van der Waals surface area contributed by atoms with E-state index in [0.29, 0.717) is 30.9 Å². The van der Waals surface area contributed by atoms with Crippen LogP contribution in [0.4, 0.5) is 10.1 Å². The SMILES string of the molecule is Cn1c(CNc2cccc(C(=O)N[C@H]3CCOc4cc(F)ccc43)c2)nnc1C1CCNCN1. The van der Waals surface area contributed by atoms with Gasteiger partial charge in [-0.25, -0.2) is 4.39 Å². The summed E-state index contributed by atoms with van der Waals surface area (Å²) in [5.41, 5.74) is 2.14. The van der Waals surface area contributed by atoms with E-state index in [9.17, 15) is 9.18 Å². The molecule has 34 heavy (non-hydrogen) atoms. The molecular formula is C24H28FN7O2. The van der Waals surface area contributed by atoms with Crippen molar-refractivity contribution in [1.29, 1.82) is 0 Å². The van der Waals surface area contributed by atoms with Crippen molar-refractivity contribution in [2.45, 2.75) is 31.5 Å². The maximum atomic E-state index is 13.5. The van der Waals surface area contributed by atoms with Gasteiger partial charge in [0.05, 0.1) is 25.2 Å². The molecule has 0 spiro atoms. The van der Waals surface area contributed by atoms with Crippen molar-refractivity contribution in [2.75, 3.05) is 25.1 Å². The van der Waals surface area contributed by atoms with E-state index in [0.717, 1.165) is 42.5 Å². The lowest BCUT2D eigenvalue weighted by Crippen LogP contribution is -2.40. The van der Waals surface area contributed by atoms with Crippen molar-refractivity contribution in [3.05, 3.63) is 71.1 Å². The van der Waals surface area contributed by atoms with Crippen LogP contribution in [0.3, 0.4) is 0 Å². The predicted octanol–water partition coefficient (Wildman–Crippen LogP) is 2.40. The molecule has 1 unspecified atom stereocenters. The molecule has 0 bridgehead atoms. The number of fused-ring (bicyclic) bond motifs is 1. The third-order valence-electron chi connectivity index (χ3n) is 6.29. The van der Waals surface area contributed by atoms with Gasteiger partial charge >= 0.3 is 0 Å². The predicted molar refractivity (Wildman–Crippen MR) is 125 cm³/mol. The molecule has 2 aromatic carbocycles. The summed E-state index contributed by atoms with van der Waals surface area (Å²) in [7, 11) is 1.97. The summed E-state index contributed by atoms with van der Waals surface area (Å²) < 4.78 is 21.1. The number of nitrogens with one attached hydrogen (secondary N) is 4. The van der Waals surface area contributed by atoms with Crippen LogP contribution >= 0.6 is 0 Å². The van der Waals surface area contributed by atoms with E-state index in [4.69, 9.17) is 4.74 Å². The molecule has 1 aromatic heterocycles. The average Bonchev–Trinajstić information content (AvgIpc) is 3.23. The Morgan fingerprint density at radius 1 is 1.24 bits per heavy atom. The standard InChI is InChI=1S/C24H28FN7O2/c1-32-22(30-31-23(32)20-7-9-26-14-28-20)13-27-17-4-2-3-15(11-17)24(33)29-19-8-10-34-21-12-16(25)5-6-18(19)21/h2-6,11-12,19-20,26-28H,7-10,13-14H2,1H3,(H,29,33)/t19-,20?/m0/s1. The molecule has 4 N–H and O–H groups in total. The van der Waals surface area contributed by atoms with Crippen LogP contribution in [0.5, 0.6) is 5.75 Å². The summed E-state index contributed by atoms with van der Waals surface area (Å²) in [6, 6.07) is 11.7. The first-order valence-electron chi connectivity index (χ1n) is 11.5. The summed E-state index contributed by atoms with van der Waals surface area (Å²) >= 11 is 0. The van der Waals surface area contributed by atoms with Gasteiger partial charge in [-0.3, -0.25) is 10.1 Å². The van der Waals surface area contributed by atoms with Crippen LogP contribution in [0.1, 0.15) is 52.5 Å². The topological polar surface area (TPSA) is 105 Å². The molecule has 9 nitrogen and oxygen atoms in total. The van der Waals surface area contributed by atoms with E-state index < -0.39 is 0 Å². The van der Waals surface area contributed by atoms with Crippen LogP contribution in [0.2, 0.25) is 0 Å². The van der Waals surface area contributed by atoms with E-state index in [1.807, 2.05) is 29.8 Å². The lowest BCUT2D eigenvalue weighted by atomic mass is 10.00. The lowest BCUT2D eigenvalue weighted by Gasteiger charge is -2.26. The first-order chi connectivity index (χ1) is 16.6. The maximum Gasteiger partial charge on any atom is 0.251 e. The first kappa shape index (κ1) is 22.3. The number of amides is 1. The van der Waals surface area contributed by atoms with Gasteiger partial charge in [-0.15, -0.1) is 10.2 Å². The summed E-state index contributed by atoms with van der Waals surface area (Å²) in [6.07, 6.45) is 1.59. The first-order valence-corrected chi connectivity index (χ1v) is 11.5. The zero-order chi connectivity index (χ0) is 23.5. The quantitative estimate of drug-likeness (QED) is 0.443. The molecule has 1 saturated heterocycles. The summed E-state index contributed by atoms with van der Waals surface area (Å²) in [4.78, 5) is 13.0. The van der Waals surface area contributed by atoms with Gasteiger partial charge in [-0.05, 0) is 37.2 Å². The molecule has 1 amide bonds. The Kier molecular flexibility index (Phi) is 6.41. The molecule has 0 aliphatic carbocycles. The van der Waals surface area contributed by atoms with Gasteiger partial charge in [0.25, 0.3) is 5.91 Å². The number of hydrogen-bond donors (Lipinski definition) is 4. The molecular weight excluding hydrogens is 437 g/mol. The zero-order valence-corrected chi connectivity index (χ0v) is 19.0. The van der Waals surface area contributed by atoms with Crippen molar-refractivity contribution < 1.29 is 13.9 Å². The molecule has 10 heteroatoms. The van der Waals surface area contributed by atoms with Gasteiger partial charge in [0.2, 0.25) is 0 Å². The highest BCUT2D eigenvalue weighted by atomic mass is 19.1. The van der Waals surface area contributed by atoms with E-state index in [-0.39, 0.29) is 23.8 Å². The number of benzene rings is 2. The van der Waals surface area contributed by atoms with Crippen molar-refractivity contribution in [3.63, 3.8) is 0 Å². The highest BCUT2D eigenvalue weighted by Crippen LogP contribution is 2.32. The highest BCUT2D eigenvalue weighted by Gasteiger charge is 2.24. The van der Waals surface area contributed by atoms with Gasteiger partial charge in [0.1, 0.15) is 17.4 Å². The second-order valence-corrected chi connectivity index (χ2v) is 8.54. The van der Waals surface area contributed by atoms with Gasteiger partial charge < -0.3 is 25.3 Å². The summed E-state index contributed by atoms with van der Waals surface area (Å²) in [5.74, 6) is 1.67. The molecule has 0 radical (unpaired) electrons. The van der Waals surface area contributed by atoms with Gasteiger partial charge in [0, 0.05) is 43.0 Å². The Balaban J connectivity index is 1.23. The second kappa shape index (κ2) is 9.78.